The van der Waals surface area contributed by atoms with Crippen LogP contribution < -0.4 is 10.6 Å². The minimum Gasteiger partial charge on any atom is -0.366 e. The van der Waals surface area contributed by atoms with Crippen molar-refractivity contribution >= 4 is 16.7 Å². The van der Waals surface area contributed by atoms with Crippen LogP contribution in [0.2, 0.25) is 0 Å². The molecule has 270 valence electrons. The summed E-state index contributed by atoms with van der Waals surface area (Å²) in [6.45, 7) is 15.0. The summed E-state index contributed by atoms with van der Waals surface area (Å²) in [4.78, 5) is 20.4. The van der Waals surface area contributed by atoms with Gasteiger partial charge >= 0.3 is 0 Å². The van der Waals surface area contributed by atoms with Crippen molar-refractivity contribution in [1.82, 2.24) is 25.3 Å². The molecule has 3 aromatic rings. The highest BCUT2D eigenvalue weighted by atomic mass is 19.2. The van der Waals surface area contributed by atoms with E-state index in [1.54, 1.807) is 6.07 Å². The van der Waals surface area contributed by atoms with Gasteiger partial charge in [0.05, 0.1) is 6.04 Å². The van der Waals surface area contributed by atoms with E-state index < -0.39 is 17.7 Å². The zero-order valence-electron chi connectivity index (χ0n) is 30.9. The van der Waals surface area contributed by atoms with Crippen LogP contribution in [0.5, 0.6) is 0 Å². The van der Waals surface area contributed by atoms with Crippen molar-refractivity contribution in [2.45, 2.75) is 82.5 Å². The molecule has 1 aliphatic heterocycles. The minimum atomic E-state index is -0.929. The second-order valence-corrected chi connectivity index (χ2v) is 14.2. The Kier molecular flexibility index (Phi) is 13.8. The minimum absolute atomic E-state index is 0.0166. The number of carbonyl (C=O) groups excluding carboxylic acids is 1. The first-order valence-corrected chi connectivity index (χ1v) is 17.9. The molecule has 1 fully saturated rings. The van der Waals surface area contributed by atoms with Gasteiger partial charge in [-0.2, -0.15) is 0 Å². The number of hydrogen-bond donors (Lipinski definition) is 2. The number of nitrogens with one attached hydrogen (secondary N) is 2. The van der Waals surface area contributed by atoms with Gasteiger partial charge in [-0.15, -0.1) is 0 Å². The van der Waals surface area contributed by atoms with Crippen LogP contribution in [0.25, 0.3) is 10.8 Å². The van der Waals surface area contributed by atoms with Gasteiger partial charge in [-0.3, -0.25) is 4.79 Å². The van der Waals surface area contributed by atoms with Gasteiger partial charge in [0, 0.05) is 50.0 Å². The van der Waals surface area contributed by atoms with Crippen molar-refractivity contribution in [2.75, 3.05) is 41.3 Å². The normalized spacial score (nSPS) is 17.4. The van der Waals surface area contributed by atoms with E-state index in [4.69, 9.17) is 0 Å². The van der Waals surface area contributed by atoms with Crippen LogP contribution in [0, 0.1) is 11.6 Å². The molecule has 3 unspecified atom stereocenters. The SMILES string of the molecule is C=C([C@@H](Cc1ccc2ccccc2c1)N(C)C(=C)/C=C/CC(C)(CC)NC)N(C)C(Cc1ccc(F)c(F)c1)C(=O)NCCC1CCCN1C. The van der Waals surface area contributed by atoms with E-state index in [-0.39, 0.29) is 23.9 Å². The first kappa shape index (κ1) is 38.8. The lowest BCUT2D eigenvalue weighted by Gasteiger charge is -2.39. The lowest BCUT2D eigenvalue weighted by molar-refractivity contribution is -0.125. The molecular formula is C42H57F2N5O. The number of likely N-dealkylation sites (N-methyl/N-ethyl adjacent to an activating group) is 2. The van der Waals surface area contributed by atoms with Crippen molar-refractivity contribution in [2.24, 2.45) is 0 Å². The molecule has 1 amide bonds. The van der Waals surface area contributed by atoms with Crippen molar-refractivity contribution in [1.29, 1.82) is 0 Å². The third kappa shape index (κ3) is 10.0. The average molecular weight is 686 g/mol. The van der Waals surface area contributed by atoms with E-state index in [1.807, 2.05) is 38.2 Å². The third-order valence-electron chi connectivity index (χ3n) is 10.9. The molecular weight excluding hydrogens is 628 g/mol. The molecule has 0 aromatic heterocycles. The van der Waals surface area contributed by atoms with Crippen LogP contribution >= 0.6 is 0 Å². The Labute approximate surface area is 298 Å². The predicted molar refractivity (Wildman–Crippen MR) is 204 cm³/mol. The molecule has 8 heteroatoms. The summed E-state index contributed by atoms with van der Waals surface area (Å²) < 4.78 is 28.3. The third-order valence-corrected chi connectivity index (χ3v) is 10.9. The molecule has 6 nitrogen and oxygen atoms in total. The fourth-order valence-electron chi connectivity index (χ4n) is 6.82. The Morgan fingerprint density at radius 2 is 1.68 bits per heavy atom. The smallest absolute Gasteiger partial charge is 0.243 e. The molecule has 0 radical (unpaired) electrons. The van der Waals surface area contributed by atoms with Crippen LogP contribution in [-0.2, 0) is 17.6 Å². The fraction of sp³-hybridized carbons (Fsp3) is 0.452. The predicted octanol–water partition coefficient (Wildman–Crippen LogP) is 7.47. The number of halogens is 2. The highest BCUT2D eigenvalue weighted by Crippen LogP contribution is 2.26. The number of benzene rings is 3. The highest BCUT2D eigenvalue weighted by molar-refractivity contribution is 5.83. The lowest BCUT2D eigenvalue weighted by atomic mass is 9.94. The summed E-state index contributed by atoms with van der Waals surface area (Å²) >= 11 is 0. The Morgan fingerprint density at radius 3 is 2.34 bits per heavy atom. The summed E-state index contributed by atoms with van der Waals surface area (Å²) in [6.07, 6.45) is 9.98. The Bertz CT molecular complexity index is 1650. The molecule has 1 saturated heterocycles. The molecule has 0 saturated carbocycles. The van der Waals surface area contributed by atoms with Gasteiger partial charge in [0.15, 0.2) is 11.6 Å². The molecule has 0 bridgehead atoms. The molecule has 4 rings (SSSR count). The molecule has 2 N–H and O–H groups in total. The lowest BCUT2D eigenvalue weighted by Crippen LogP contribution is -2.50. The molecule has 0 aliphatic carbocycles. The number of amides is 1. The average Bonchev–Trinajstić information content (AvgIpc) is 3.53. The second kappa shape index (κ2) is 17.8. The van der Waals surface area contributed by atoms with Crippen molar-refractivity contribution in [3.63, 3.8) is 0 Å². The second-order valence-electron chi connectivity index (χ2n) is 14.2. The quantitative estimate of drug-likeness (QED) is 0.136. The van der Waals surface area contributed by atoms with Gasteiger partial charge in [0.1, 0.15) is 6.04 Å². The summed E-state index contributed by atoms with van der Waals surface area (Å²) in [5, 5.41) is 8.90. The van der Waals surface area contributed by atoms with Crippen molar-refractivity contribution < 1.29 is 13.6 Å². The standard InChI is InChI=1S/C42H57F2N5O/c1-9-42(4,45-5)23-12-14-30(2)48(7)39(28-32-18-20-34-15-10-11-16-35(34)26-32)31(3)49(8)40(29-33-19-21-37(43)38(44)27-33)41(50)46-24-22-36-17-13-25-47(36)6/h10-12,14-16,18-21,26-27,36,39-40,45H,2-3,9,13,17,22-25,28-29H2,1,4-8H3,(H,46,50)/b14-12+/t36?,39-,40?,42?/m1/s1. The zero-order chi connectivity index (χ0) is 36.4. The van der Waals surface area contributed by atoms with Gasteiger partial charge in [0.2, 0.25) is 5.91 Å². The van der Waals surface area contributed by atoms with E-state index >= 15 is 0 Å². The first-order valence-electron chi connectivity index (χ1n) is 17.9. The van der Waals surface area contributed by atoms with Gasteiger partial charge < -0.3 is 25.3 Å². The van der Waals surface area contributed by atoms with E-state index in [0.29, 0.717) is 24.6 Å². The number of likely N-dealkylation sites (tertiary alicyclic amines) is 1. The topological polar surface area (TPSA) is 50.9 Å². The van der Waals surface area contributed by atoms with E-state index in [2.05, 4.69) is 97.0 Å². The summed E-state index contributed by atoms with van der Waals surface area (Å²) in [6, 6.07) is 18.1. The number of nitrogens with zero attached hydrogens (tertiary/aromatic N) is 3. The Balaban J connectivity index is 1.63. The number of rotatable bonds is 18. The molecule has 1 heterocycles. The fourth-order valence-corrected chi connectivity index (χ4v) is 6.82. The van der Waals surface area contributed by atoms with Gasteiger partial charge in [-0.1, -0.05) is 74.7 Å². The molecule has 4 atom stereocenters. The van der Waals surface area contributed by atoms with E-state index in [0.717, 1.165) is 67.1 Å². The summed E-state index contributed by atoms with van der Waals surface area (Å²) in [5.41, 5.74) is 3.19. The van der Waals surface area contributed by atoms with Crippen LogP contribution in [0.4, 0.5) is 8.78 Å². The van der Waals surface area contributed by atoms with Gasteiger partial charge in [0.25, 0.3) is 0 Å². The number of hydrogen-bond acceptors (Lipinski definition) is 5. The van der Waals surface area contributed by atoms with Crippen molar-refractivity contribution in [3.05, 3.63) is 120 Å². The van der Waals surface area contributed by atoms with Gasteiger partial charge in [-0.05, 0) is 106 Å². The Hall–Kier alpha value is -4.01. The maximum absolute atomic E-state index is 14.4. The van der Waals surface area contributed by atoms with Crippen molar-refractivity contribution in [3.8, 4) is 0 Å². The zero-order valence-corrected chi connectivity index (χ0v) is 30.9. The maximum Gasteiger partial charge on any atom is 0.243 e. The highest BCUT2D eigenvalue weighted by Gasteiger charge is 2.31. The Morgan fingerprint density at radius 1 is 1.00 bits per heavy atom. The van der Waals surface area contributed by atoms with E-state index in [9.17, 15) is 13.6 Å². The maximum atomic E-state index is 14.4. The molecule has 0 spiro atoms. The summed E-state index contributed by atoms with van der Waals surface area (Å²) in [5.74, 6) is -2.01. The summed E-state index contributed by atoms with van der Waals surface area (Å²) in [7, 11) is 7.99. The van der Waals surface area contributed by atoms with Crippen LogP contribution in [0.3, 0.4) is 0 Å². The number of carbonyl (C=O) groups is 1. The van der Waals surface area contributed by atoms with Crippen LogP contribution in [-0.4, -0.2) is 85.6 Å². The first-order chi connectivity index (χ1) is 23.9. The molecule has 50 heavy (non-hydrogen) atoms. The van der Waals surface area contributed by atoms with E-state index in [1.165, 1.54) is 11.5 Å². The van der Waals surface area contributed by atoms with Gasteiger partial charge in [-0.25, -0.2) is 8.78 Å². The number of fused-ring (bicyclic) bond motifs is 1. The van der Waals surface area contributed by atoms with Crippen LogP contribution in [0.1, 0.15) is 57.1 Å². The molecule has 1 aliphatic rings. The van der Waals surface area contributed by atoms with Crippen LogP contribution in [0.15, 0.2) is 97.4 Å². The number of allylic oxidation sites excluding steroid dienone is 1. The monoisotopic (exact) mass is 685 g/mol. The largest absolute Gasteiger partial charge is 0.366 e. The molecule has 3 aromatic carbocycles.